The maximum atomic E-state index is 12.6. The summed E-state index contributed by atoms with van der Waals surface area (Å²) in [6.07, 6.45) is 2.54. The summed E-state index contributed by atoms with van der Waals surface area (Å²) in [4.78, 5) is 33.5. The number of aromatic nitrogens is 2. The summed E-state index contributed by atoms with van der Waals surface area (Å²) in [7, 11) is 1.62. The Bertz CT molecular complexity index is 1020. The number of hydrogen-bond acceptors (Lipinski definition) is 5. The fourth-order valence-electron chi connectivity index (χ4n) is 3.38. The fourth-order valence-corrected chi connectivity index (χ4v) is 3.38. The van der Waals surface area contributed by atoms with Crippen LogP contribution in [0.1, 0.15) is 44.3 Å². The lowest BCUT2D eigenvalue weighted by Crippen LogP contribution is -2.22. The lowest BCUT2D eigenvalue weighted by molar-refractivity contribution is 0.0962. The number of amides is 1. The number of benzene rings is 2. The van der Waals surface area contributed by atoms with Crippen LogP contribution in [0.3, 0.4) is 0 Å². The summed E-state index contributed by atoms with van der Waals surface area (Å²) in [5.74, 6) is 0.756. The first-order chi connectivity index (χ1) is 13.6. The number of rotatable bonds is 4. The number of hydrogen-bond donors (Lipinski definition) is 1. The van der Waals surface area contributed by atoms with Crippen molar-refractivity contribution in [3.63, 3.8) is 0 Å². The minimum absolute atomic E-state index is 0.0167. The molecule has 0 fully saturated rings. The number of carbonyl (C=O) groups excluding carboxylic acids is 2. The van der Waals surface area contributed by atoms with E-state index < -0.39 is 0 Å². The lowest BCUT2D eigenvalue weighted by atomic mass is 9.82. The van der Waals surface area contributed by atoms with Crippen LogP contribution in [0.15, 0.2) is 60.8 Å². The van der Waals surface area contributed by atoms with Crippen LogP contribution >= 0.6 is 0 Å². The highest BCUT2D eigenvalue weighted by atomic mass is 16.5. The SMILES string of the molecule is COc1ccc([C@H]2CC(=O)c3cnc(NC(=O)c4ccccc4)nc3C2)cc1. The third kappa shape index (κ3) is 3.62. The van der Waals surface area contributed by atoms with Gasteiger partial charge in [-0.1, -0.05) is 30.3 Å². The van der Waals surface area contributed by atoms with E-state index in [0.717, 1.165) is 11.3 Å². The molecule has 0 radical (unpaired) electrons. The number of anilines is 1. The average molecular weight is 373 g/mol. The van der Waals surface area contributed by atoms with E-state index in [2.05, 4.69) is 15.3 Å². The van der Waals surface area contributed by atoms with Crippen LogP contribution < -0.4 is 10.1 Å². The van der Waals surface area contributed by atoms with Crippen LogP contribution in [0.5, 0.6) is 5.75 Å². The largest absolute Gasteiger partial charge is 0.497 e. The molecule has 1 aliphatic rings. The maximum Gasteiger partial charge on any atom is 0.258 e. The van der Waals surface area contributed by atoms with E-state index in [0.29, 0.717) is 29.7 Å². The number of nitrogens with zero attached hydrogens (tertiary/aromatic N) is 2. The Hall–Kier alpha value is -3.54. The van der Waals surface area contributed by atoms with E-state index in [1.54, 1.807) is 31.4 Å². The van der Waals surface area contributed by atoms with Crippen molar-refractivity contribution in [1.29, 1.82) is 0 Å². The van der Waals surface area contributed by atoms with Crippen molar-refractivity contribution in [2.75, 3.05) is 12.4 Å². The molecule has 1 aliphatic carbocycles. The zero-order valence-electron chi connectivity index (χ0n) is 15.4. The molecule has 28 heavy (non-hydrogen) atoms. The Labute approximate surface area is 162 Å². The number of fused-ring (bicyclic) bond motifs is 1. The van der Waals surface area contributed by atoms with Gasteiger partial charge in [0, 0.05) is 18.2 Å². The monoisotopic (exact) mass is 373 g/mol. The molecule has 1 amide bonds. The first kappa shape index (κ1) is 17.9. The number of nitrogens with one attached hydrogen (secondary N) is 1. The van der Waals surface area contributed by atoms with Crippen molar-refractivity contribution >= 4 is 17.6 Å². The Balaban J connectivity index is 1.56. The summed E-state index contributed by atoms with van der Waals surface area (Å²) in [6.45, 7) is 0. The topological polar surface area (TPSA) is 81.2 Å². The lowest BCUT2D eigenvalue weighted by Gasteiger charge is -2.23. The van der Waals surface area contributed by atoms with Gasteiger partial charge in [0.15, 0.2) is 5.78 Å². The number of ketones is 1. The number of Topliss-reactive ketones (excluding diaryl/α,β-unsaturated/α-hetero) is 1. The molecule has 0 spiro atoms. The van der Waals surface area contributed by atoms with E-state index in [1.807, 2.05) is 30.3 Å². The maximum absolute atomic E-state index is 12.6. The standard InChI is InChI=1S/C22H19N3O3/c1-28-17-9-7-14(8-10-17)16-11-19-18(20(26)12-16)13-23-22(24-19)25-21(27)15-5-3-2-4-6-15/h2-10,13,16H,11-12H2,1H3,(H,23,24,25,27)/t16-/m1/s1. The molecule has 1 atom stereocenters. The summed E-state index contributed by atoms with van der Waals surface area (Å²) in [5, 5.41) is 2.70. The van der Waals surface area contributed by atoms with Gasteiger partial charge in [-0.2, -0.15) is 0 Å². The Morgan fingerprint density at radius 2 is 1.82 bits per heavy atom. The Morgan fingerprint density at radius 1 is 1.07 bits per heavy atom. The minimum Gasteiger partial charge on any atom is -0.497 e. The van der Waals surface area contributed by atoms with E-state index in [4.69, 9.17) is 4.74 Å². The molecule has 6 nitrogen and oxygen atoms in total. The Morgan fingerprint density at radius 3 is 2.54 bits per heavy atom. The van der Waals surface area contributed by atoms with Crippen LogP contribution in [0.2, 0.25) is 0 Å². The number of carbonyl (C=O) groups is 2. The second-order valence-corrected chi connectivity index (χ2v) is 6.68. The number of methoxy groups -OCH3 is 1. The smallest absolute Gasteiger partial charge is 0.258 e. The minimum atomic E-state index is -0.283. The van der Waals surface area contributed by atoms with Gasteiger partial charge in [0.05, 0.1) is 18.4 Å². The van der Waals surface area contributed by atoms with E-state index in [-0.39, 0.29) is 23.6 Å². The van der Waals surface area contributed by atoms with Crippen molar-refractivity contribution in [3.05, 3.63) is 83.2 Å². The van der Waals surface area contributed by atoms with Crippen LogP contribution in [0.25, 0.3) is 0 Å². The molecule has 4 rings (SSSR count). The molecular weight excluding hydrogens is 354 g/mol. The van der Waals surface area contributed by atoms with Gasteiger partial charge >= 0.3 is 0 Å². The van der Waals surface area contributed by atoms with E-state index in [1.165, 1.54) is 6.20 Å². The third-order valence-electron chi connectivity index (χ3n) is 4.89. The summed E-state index contributed by atoms with van der Waals surface area (Å²) >= 11 is 0. The molecule has 6 heteroatoms. The van der Waals surface area contributed by atoms with Crippen molar-refractivity contribution in [2.24, 2.45) is 0 Å². The van der Waals surface area contributed by atoms with Crippen molar-refractivity contribution in [2.45, 2.75) is 18.8 Å². The van der Waals surface area contributed by atoms with Crippen LogP contribution in [-0.2, 0) is 6.42 Å². The molecule has 0 saturated heterocycles. The highest BCUT2D eigenvalue weighted by Crippen LogP contribution is 2.32. The predicted molar refractivity (Wildman–Crippen MR) is 105 cm³/mol. The predicted octanol–water partition coefficient (Wildman–Crippen LogP) is 3.65. The molecule has 1 N–H and O–H groups in total. The van der Waals surface area contributed by atoms with Gasteiger partial charge in [-0.15, -0.1) is 0 Å². The molecule has 1 heterocycles. The Kier molecular flexibility index (Phi) is 4.85. The first-order valence-electron chi connectivity index (χ1n) is 9.03. The fraction of sp³-hybridized carbons (Fsp3) is 0.182. The third-order valence-corrected chi connectivity index (χ3v) is 4.89. The summed E-state index contributed by atoms with van der Waals surface area (Å²) in [6, 6.07) is 16.6. The molecule has 0 unspecified atom stereocenters. The molecular formula is C22H19N3O3. The molecule has 140 valence electrons. The van der Waals surface area contributed by atoms with Gasteiger partial charge in [0.1, 0.15) is 5.75 Å². The molecule has 1 aromatic heterocycles. The highest BCUT2D eigenvalue weighted by molar-refractivity contribution is 6.03. The van der Waals surface area contributed by atoms with Gasteiger partial charge in [-0.3, -0.25) is 14.9 Å². The zero-order valence-corrected chi connectivity index (χ0v) is 15.4. The van der Waals surface area contributed by atoms with Crippen LogP contribution in [0, 0.1) is 0 Å². The second-order valence-electron chi connectivity index (χ2n) is 6.68. The van der Waals surface area contributed by atoms with Gasteiger partial charge in [-0.05, 0) is 42.2 Å². The molecule has 3 aromatic rings. The van der Waals surface area contributed by atoms with Crippen LogP contribution in [-0.4, -0.2) is 28.8 Å². The van der Waals surface area contributed by atoms with Gasteiger partial charge in [0.25, 0.3) is 5.91 Å². The molecule has 2 aromatic carbocycles. The number of ether oxygens (including phenoxy) is 1. The van der Waals surface area contributed by atoms with Crippen molar-refractivity contribution in [3.8, 4) is 5.75 Å². The van der Waals surface area contributed by atoms with Gasteiger partial charge in [-0.25, -0.2) is 9.97 Å². The summed E-state index contributed by atoms with van der Waals surface area (Å²) < 4.78 is 5.20. The van der Waals surface area contributed by atoms with Crippen molar-refractivity contribution in [1.82, 2.24) is 9.97 Å². The van der Waals surface area contributed by atoms with E-state index in [9.17, 15) is 9.59 Å². The van der Waals surface area contributed by atoms with Crippen molar-refractivity contribution < 1.29 is 14.3 Å². The molecule has 0 bridgehead atoms. The average Bonchev–Trinajstić information content (AvgIpc) is 2.74. The quantitative estimate of drug-likeness (QED) is 0.755. The molecule has 0 saturated carbocycles. The van der Waals surface area contributed by atoms with Crippen LogP contribution in [0.4, 0.5) is 5.95 Å². The summed E-state index contributed by atoms with van der Waals surface area (Å²) in [5.41, 5.74) is 2.78. The second kappa shape index (κ2) is 7.60. The van der Waals surface area contributed by atoms with E-state index >= 15 is 0 Å². The van der Waals surface area contributed by atoms with Gasteiger partial charge in [0.2, 0.25) is 5.95 Å². The normalized spacial score (nSPS) is 15.6. The zero-order chi connectivity index (χ0) is 19.5. The molecule has 0 aliphatic heterocycles. The first-order valence-corrected chi connectivity index (χ1v) is 9.03. The highest BCUT2D eigenvalue weighted by Gasteiger charge is 2.28. The van der Waals surface area contributed by atoms with Gasteiger partial charge < -0.3 is 4.74 Å².